The fourth-order valence-electron chi connectivity index (χ4n) is 1.87. The van der Waals surface area contributed by atoms with E-state index in [1.165, 1.54) is 4.90 Å². The summed E-state index contributed by atoms with van der Waals surface area (Å²) in [6.07, 6.45) is 6.33. The Balaban J connectivity index is 1.92. The zero-order valence-corrected chi connectivity index (χ0v) is 11.4. The molecule has 2 amide bonds. The van der Waals surface area contributed by atoms with Crippen LogP contribution >= 0.6 is 0 Å². The minimum absolute atomic E-state index is 0.110. The van der Waals surface area contributed by atoms with Crippen molar-refractivity contribution in [3.05, 3.63) is 36.4 Å². The second-order valence-electron chi connectivity index (χ2n) is 4.75. The molecule has 2 rings (SSSR count). The largest absolute Gasteiger partial charge is 0.364 e. The fourth-order valence-corrected chi connectivity index (χ4v) is 1.87. The van der Waals surface area contributed by atoms with Gasteiger partial charge in [-0.1, -0.05) is 0 Å². The number of nitrogens with zero attached hydrogens (tertiary/aromatic N) is 3. The topological polar surface area (TPSA) is 60.5 Å². The molecule has 0 saturated heterocycles. The Kier molecular flexibility index (Phi) is 3.89. The summed E-state index contributed by atoms with van der Waals surface area (Å²) >= 11 is 0. The summed E-state index contributed by atoms with van der Waals surface area (Å²) in [5.41, 5.74) is 1.87. The average Bonchev–Trinajstić information content (AvgIpc) is 2.71. The van der Waals surface area contributed by atoms with Crippen molar-refractivity contribution in [3.8, 4) is 0 Å². The molecule has 0 aliphatic carbocycles. The van der Waals surface area contributed by atoms with Crippen molar-refractivity contribution in [2.24, 2.45) is 0 Å². The first-order valence-corrected chi connectivity index (χ1v) is 6.14. The summed E-state index contributed by atoms with van der Waals surface area (Å²) in [4.78, 5) is 19.2. The highest BCUT2D eigenvalue weighted by molar-refractivity contribution is 5.75. The second-order valence-corrected chi connectivity index (χ2v) is 4.75. The molecule has 1 aromatic rings. The Morgan fingerprint density at radius 3 is 2.95 bits per heavy atom. The number of urea groups is 1. The van der Waals surface area contributed by atoms with Gasteiger partial charge in [0.1, 0.15) is 6.17 Å². The molecule has 0 fully saturated rings. The van der Waals surface area contributed by atoms with E-state index in [1.54, 1.807) is 26.5 Å². The molecule has 1 aliphatic heterocycles. The molecule has 1 aliphatic rings. The number of carbonyl (C=O) groups is 1. The third-order valence-corrected chi connectivity index (χ3v) is 2.93. The van der Waals surface area contributed by atoms with E-state index in [-0.39, 0.29) is 12.2 Å². The van der Waals surface area contributed by atoms with Gasteiger partial charge in [-0.3, -0.25) is 4.98 Å². The molecule has 0 bridgehead atoms. The molecule has 1 unspecified atom stereocenters. The van der Waals surface area contributed by atoms with Crippen molar-refractivity contribution in [1.82, 2.24) is 20.1 Å². The third kappa shape index (κ3) is 3.37. The van der Waals surface area contributed by atoms with Crippen LogP contribution in [0.2, 0.25) is 0 Å². The van der Waals surface area contributed by atoms with Crippen LogP contribution in [0.1, 0.15) is 6.42 Å². The maximum absolute atomic E-state index is 11.6. The lowest BCUT2D eigenvalue weighted by molar-refractivity contribution is 0.220. The summed E-state index contributed by atoms with van der Waals surface area (Å²) < 4.78 is 0. The minimum atomic E-state index is -0.110. The smallest absolute Gasteiger partial charge is 0.321 e. The Bertz CT molecular complexity index is 471. The quantitative estimate of drug-likeness (QED) is 0.860. The van der Waals surface area contributed by atoms with Gasteiger partial charge in [0.2, 0.25) is 0 Å². The van der Waals surface area contributed by atoms with Crippen LogP contribution in [0.25, 0.3) is 0 Å². The molecule has 1 atom stereocenters. The van der Waals surface area contributed by atoms with Gasteiger partial charge < -0.3 is 20.4 Å². The Labute approximate surface area is 113 Å². The summed E-state index contributed by atoms with van der Waals surface area (Å²) in [6.45, 7) is 0. The maximum atomic E-state index is 11.6. The average molecular weight is 261 g/mol. The molecule has 2 heterocycles. The molecule has 6 nitrogen and oxygen atoms in total. The molecule has 0 saturated carbocycles. The van der Waals surface area contributed by atoms with E-state index in [2.05, 4.69) is 15.6 Å². The van der Waals surface area contributed by atoms with Crippen LogP contribution in [0.4, 0.5) is 10.5 Å². The summed E-state index contributed by atoms with van der Waals surface area (Å²) in [5.74, 6) is 0. The molecule has 6 heteroatoms. The predicted molar refractivity (Wildman–Crippen MR) is 74.3 cm³/mol. The lowest BCUT2D eigenvalue weighted by Crippen LogP contribution is -2.34. The molecule has 0 aromatic carbocycles. The lowest BCUT2D eigenvalue weighted by Gasteiger charge is -2.22. The van der Waals surface area contributed by atoms with Crippen LogP contribution in [0.5, 0.6) is 0 Å². The van der Waals surface area contributed by atoms with Gasteiger partial charge in [0.05, 0.1) is 5.69 Å². The number of hydrogen-bond donors (Lipinski definition) is 2. The van der Waals surface area contributed by atoms with Crippen molar-refractivity contribution in [3.63, 3.8) is 0 Å². The first kappa shape index (κ1) is 13.2. The van der Waals surface area contributed by atoms with E-state index in [0.717, 1.165) is 17.8 Å². The Morgan fingerprint density at radius 1 is 1.53 bits per heavy atom. The summed E-state index contributed by atoms with van der Waals surface area (Å²) in [6, 6.07) is 3.75. The summed E-state index contributed by atoms with van der Waals surface area (Å²) in [7, 11) is 5.42. The molecule has 0 radical (unpaired) electrons. The van der Waals surface area contributed by atoms with Crippen molar-refractivity contribution >= 4 is 11.7 Å². The van der Waals surface area contributed by atoms with E-state index in [0.29, 0.717) is 0 Å². The van der Waals surface area contributed by atoms with Gasteiger partial charge in [0.15, 0.2) is 0 Å². The predicted octanol–water partition coefficient (Wildman–Crippen LogP) is 1.27. The van der Waals surface area contributed by atoms with Crippen LogP contribution in [-0.4, -0.2) is 48.1 Å². The van der Waals surface area contributed by atoms with E-state index in [4.69, 9.17) is 0 Å². The standard InChI is InChI=1S/C13H19N5O/c1-17(2)13(19)16-11-7-12(18(3)9-11)15-10-5-4-6-14-8-10/h4-6,8-9,12,15H,7H2,1-3H3,(H,16,19). The van der Waals surface area contributed by atoms with Gasteiger partial charge in [-0.25, -0.2) is 4.79 Å². The summed E-state index contributed by atoms with van der Waals surface area (Å²) in [5, 5.41) is 6.24. The van der Waals surface area contributed by atoms with E-state index < -0.39 is 0 Å². The van der Waals surface area contributed by atoms with E-state index >= 15 is 0 Å². The lowest BCUT2D eigenvalue weighted by atomic mass is 10.3. The number of aromatic nitrogens is 1. The van der Waals surface area contributed by atoms with Crippen LogP contribution in [0.3, 0.4) is 0 Å². The zero-order valence-electron chi connectivity index (χ0n) is 11.4. The molecule has 1 aromatic heterocycles. The number of hydrogen-bond acceptors (Lipinski definition) is 4. The molecule has 2 N–H and O–H groups in total. The number of carbonyl (C=O) groups excluding carboxylic acids is 1. The van der Waals surface area contributed by atoms with E-state index in [9.17, 15) is 4.79 Å². The first-order valence-electron chi connectivity index (χ1n) is 6.14. The van der Waals surface area contributed by atoms with Crippen LogP contribution in [0.15, 0.2) is 36.4 Å². The Morgan fingerprint density at radius 2 is 2.32 bits per heavy atom. The Hall–Kier alpha value is -2.24. The fraction of sp³-hybridized carbons (Fsp3) is 0.385. The number of anilines is 1. The normalized spacial score (nSPS) is 17.9. The minimum Gasteiger partial charge on any atom is -0.364 e. The monoisotopic (exact) mass is 261 g/mol. The zero-order chi connectivity index (χ0) is 13.8. The van der Waals surface area contributed by atoms with Gasteiger partial charge in [0, 0.05) is 51.9 Å². The first-order chi connectivity index (χ1) is 9.06. The van der Waals surface area contributed by atoms with Gasteiger partial charge in [0.25, 0.3) is 0 Å². The maximum Gasteiger partial charge on any atom is 0.321 e. The van der Waals surface area contributed by atoms with Crippen LogP contribution in [-0.2, 0) is 0 Å². The molecule has 19 heavy (non-hydrogen) atoms. The van der Waals surface area contributed by atoms with Gasteiger partial charge in [-0.05, 0) is 12.1 Å². The van der Waals surface area contributed by atoms with E-state index in [1.807, 2.05) is 30.3 Å². The van der Waals surface area contributed by atoms with Gasteiger partial charge >= 0.3 is 6.03 Å². The van der Waals surface area contributed by atoms with Crippen LogP contribution in [0, 0.1) is 0 Å². The van der Waals surface area contributed by atoms with Gasteiger partial charge in [-0.2, -0.15) is 0 Å². The second kappa shape index (κ2) is 5.60. The number of rotatable bonds is 3. The highest BCUT2D eigenvalue weighted by Crippen LogP contribution is 2.20. The SMILES string of the molecule is CN(C)C(=O)NC1=CN(C)C(Nc2cccnc2)C1. The highest BCUT2D eigenvalue weighted by Gasteiger charge is 2.23. The number of nitrogens with one attached hydrogen (secondary N) is 2. The molecular weight excluding hydrogens is 242 g/mol. The number of amides is 2. The van der Waals surface area contributed by atoms with Crippen molar-refractivity contribution in [1.29, 1.82) is 0 Å². The molecule has 0 spiro atoms. The van der Waals surface area contributed by atoms with Crippen molar-refractivity contribution in [2.75, 3.05) is 26.5 Å². The van der Waals surface area contributed by atoms with Crippen molar-refractivity contribution < 1.29 is 4.79 Å². The van der Waals surface area contributed by atoms with Gasteiger partial charge in [-0.15, -0.1) is 0 Å². The molecule has 102 valence electrons. The molecular formula is C13H19N5O. The van der Waals surface area contributed by atoms with Crippen LogP contribution < -0.4 is 10.6 Å². The van der Waals surface area contributed by atoms with Crippen molar-refractivity contribution in [2.45, 2.75) is 12.6 Å². The third-order valence-electron chi connectivity index (χ3n) is 2.93. The number of pyridine rings is 1. The highest BCUT2D eigenvalue weighted by atomic mass is 16.2.